The summed E-state index contributed by atoms with van der Waals surface area (Å²) in [6, 6.07) is 20.8. The minimum atomic E-state index is 0.683. The molecule has 3 heteroatoms. The van der Waals surface area contributed by atoms with E-state index in [1.807, 2.05) is 25.3 Å². The summed E-state index contributed by atoms with van der Waals surface area (Å²) in [6.45, 7) is 6.22. The molecule has 0 aliphatic rings. The van der Waals surface area contributed by atoms with Crippen molar-refractivity contribution in [2.24, 2.45) is 0 Å². The van der Waals surface area contributed by atoms with Gasteiger partial charge < -0.3 is 4.42 Å². The molecule has 0 saturated heterocycles. The van der Waals surface area contributed by atoms with E-state index in [0.29, 0.717) is 5.71 Å². The number of hydrogen-bond donors (Lipinski definition) is 0. The van der Waals surface area contributed by atoms with Gasteiger partial charge in [-0.1, -0.05) is 36.4 Å². The molecule has 0 unspecified atom stereocenters. The first-order chi connectivity index (χ1) is 13.6. The highest BCUT2D eigenvalue weighted by Crippen LogP contribution is 2.37. The second-order valence-electron chi connectivity index (χ2n) is 7.29. The molecule has 0 bridgehead atoms. The van der Waals surface area contributed by atoms with E-state index in [1.165, 1.54) is 16.7 Å². The van der Waals surface area contributed by atoms with Crippen molar-refractivity contribution in [1.29, 1.82) is 0 Å². The van der Waals surface area contributed by atoms with Crippen LogP contribution in [0.1, 0.15) is 16.8 Å². The van der Waals surface area contributed by atoms with Crippen LogP contribution < -0.4 is 0 Å². The van der Waals surface area contributed by atoms with Crippen LogP contribution in [0.25, 0.3) is 44.5 Å². The molecule has 2 aromatic carbocycles. The number of pyridine rings is 2. The van der Waals surface area contributed by atoms with Crippen LogP contribution in [0.3, 0.4) is 0 Å². The highest BCUT2D eigenvalue weighted by molar-refractivity contribution is 6.10. The van der Waals surface area contributed by atoms with Gasteiger partial charge >= 0.3 is 0 Å². The molecule has 0 spiro atoms. The molecule has 3 aromatic heterocycles. The lowest BCUT2D eigenvalue weighted by molar-refractivity contribution is 0.653. The number of aromatic nitrogens is 2. The summed E-state index contributed by atoms with van der Waals surface area (Å²) in [7, 11) is 0. The highest BCUT2D eigenvalue weighted by Gasteiger charge is 2.16. The SMILES string of the molecule is Cc1ccc2c(n1)oc1c(-c3cc(C)c(-c4ccccc4)cn3)ccc(C)c12. The van der Waals surface area contributed by atoms with Gasteiger partial charge in [0.05, 0.1) is 5.69 Å². The Balaban J connectivity index is 1.72. The maximum atomic E-state index is 6.20. The van der Waals surface area contributed by atoms with Crippen LogP contribution in [0.4, 0.5) is 0 Å². The highest BCUT2D eigenvalue weighted by atomic mass is 16.3. The average Bonchev–Trinajstić information content (AvgIpc) is 3.08. The van der Waals surface area contributed by atoms with E-state index in [2.05, 4.69) is 67.4 Å². The van der Waals surface area contributed by atoms with Crippen molar-refractivity contribution in [3.05, 3.63) is 83.7 Å². The number of nitrogens with zero attached hydrogens (tertiary/aromatic N) is 2. The Kier molecular flexibility index (Phi) is 3.76. The zero-order valence-electron chi connectivity index (χ0n) is 16.2. The predicted octanol–water partition coefficient (Wildman–Crippen LogP) is 6.64. The van der Waals surface area contributed by atoms with Crippen molar-refractivity contribution < 1.29 is 4.42 Å². The van der Waals surface area contributed by atoms with Gasteiger partial charge in [-0.25, -0.2) is 4.98 Å². The number of fused-ring (bicyclic) bond motifs is 3. The molecule has 0 saturated carbocycles. The zero-order valence-corrected chi connectivity index (χ0v) is 16.2. The lowest BCUT2D eigenvalue weighted by Crippen LogP contribution is -1.90. The topological polar surface area (TPSA) is 38.9 Å². The summed E-state index contributed by atoms with van der Waals surface area (Å²) in [5.41, 5.74) is 9.10. The smallest absolute Gasteiger partial charge is 0.227 e. The largest absolute Gasteiger partial charge is 0.437 e. The molecule has 136 valence electrons. The Morgan fingerprint density at radius 3 is 2.39 bits per heavy atom. The fraction of sp³-hybridized carbons (Fsp3) is 0.120. The molecule has 5 aromatic rings. The number of rotatable bonds is 2. The van der Waals surface area contributed by atoms with Crippen molar-refractivity contribution in [2.45, 2.75) is 20.8 Å². The third kappa shape index (κ3) is 2.59. The lowest BCUT2D eigenvalue weighted by atomic mass is 9.98. The normalized spacial score (nSPS) is 11.4. The first-order valence-corrected chi connectivity index (χ1v) is 9.44. The summed E-state index contributed by atoms with van der Waals surface area (Å²) in [4.78, 5) is 9.35. The van der Waals surface area contributed by atoms with Crippen LogP contribution >= 0.6 is 0 Å². The molecule has 0 aliphatic heterocycles. The molecule has 0 N–H and O–H groups in total. The second kappa shape index (κ2) is 6.31. The van der Waals surface area contributed by atoms with Gasteiger partial charge in [-0.15, -0.1) is 0 Å². The Labute approximate surface area is 163 Å². The van der Waals surface area contributed by atoms with Gasteiger partial charge in [0, 0.05) is 33.8 Å². The second-order valence-corrected chi connectivity index (χ2v) is 7.29. The molecule has 28 heavy (non-hydrogen) atoms. The predicted molar refractivity (Wildman–Crippen MR) is 114 cm³/mol. The number of furan rings is 1. The van der Waals surface area contributed by atoms with E-state index in [1.54, 1.807) is 0 Å². The van der Waals surface area contributed by atoms with E-state index in [0.717, 1.165) is 38.9 Å². The molecule has 3 nitrogen and oxygen atoms in total. The molecule has 3 heterocycles. The van der Waals surface area contributed by atoms with Crippen LogP contribution in [0, 0.1) is 20.8 Å². The van der Waals surface area contributed by atoms with Crippen molar-refractivity contribution in [2.75, 3.05) is 0 Å². The van der Waals surface area contributed by atoms with E-state index in [9.17, 15) is 0 Å². The summed E-state index contributed by atoms with van der Waals surface area (Å²) in [5.74, 6) is 0. The van der Waals surface area contributed by atoms with E-state index < -0.39 is 0 Å². The average molecular weight is 364 g/mol. The van der Waals surface area contributed by atoms with Crippen molar-refractivity contribution in [3.63, 3.8) is 0 Å². The van der Waals surface area contributed by atoms with E-state index in [4.69, 9.17) is 9.40 Å². The summed E-state index contributed by atoms with van der Waals surface area (Å²) < 4.78 is 6.20. The fourth-order valence-electron chi connectivity index (χ4n) is 3.84. The maximum absolute atomic E-state index is 6.20. The third-order valence-electron chi connectivity index (χ3n) is 5.31. The van der Waals surface area contributed by atoms with Crippen molar-refractivity contribution in [1.82, 2.24) is 9.97 Å². The third-order valence-corrected chi connectivity index (χ3v) is 5.31. The van der Waals surface area contributed by atoms with E-state index >= 15 is 0 Å². The first-order valence-electron chi connectivity index (χ1n) is 9.44. The van der Waals surface area contributed by atoms with Crippen molar-refractivity contribution >= 4 is 22.1 Å². The quantitative estimate of drug-likeness (QED) is 0.353. The number of benzene rings is 2. The zero-order chi connectivity index (χ0) is 19.3. The van der Waals surface area contributed by atoms with Gasteiger partial charge in [0.15, 0.2) is 0 Å². The molecule has 0 fully saturated rings. The molecule has 0 aliphatic carbocycles. The molecule has 5 rings (SSSR count). The Morgan fingerprint density at radius 1 is 0.786 bits per heavy atom. The molecular formula is C25H20N2O. The summed E-state index contributed by atoms with van der Waals surface area (Å²) in [6.07, 6.45) is 1.96. The minimum absolute atomic E-state index is 0.683. The maximum Gasteiger partial charge on any atom is 0.227 e. The Hall–Kier alpha value is -3.46. The number of aryl methyl sites for hydroxylation is 3. The first kappa shape index (κ1) is 16.7. The molecule has 0 amide bonds. The summed E-state index contributed by atoms with van der Waals surface area (Å²) in [5, 5.41) is 2.17. The van der Waals surface area contributed by atoms with Gasteiger partial charge in [0.1, 0.15) is 5.58 Å². The fourth-order valence-corrected chi connectivity index (χ4v) is 3.84. The van der Waals surface area contributed by atoms with Gasteiger partial charge in [0.2, 0.25) is 5.71 Å². The van der Waals surface area contributed by atoms with Crippen LogP contribution in [0.2, 0.25) is 0 Å². The van der Waals surface area contributed by atoms with Gasteiger partial charge in [-0.3, -0.25) is 4.98 Å². The van der Waals surface area contributed by atoms with Crippen LogP contribution in [-0.4, -0.2) is 9.97 Å². The summed E-state index contributed by atoms with van der Waals surface area (Å²) >= 11 is 0. The van der Waals surface area contributed by atoms with Gasteiger partial charge in [-0.05, 0) is 61.7 Å². The van der Waals surface area contributed by atoms with Crippen molar-refractivity contribution in [3.8, 4) is 22.4 Å². The monoisotopic (exact) mass is 364 g/mol. The van der Waals surface area contributed by atoms with Gasteiger partial charge in [0.25, 0.3) is 0 Å². The lowest BCUT2D eigenvalue weighted by Gasteiger charge is -2.09. The Bertz CT molecular complexity index is 1330. The molecule has 0 atom stereocenters. The standard InChI is InChI=1S/C25H20N2O/c1-15-9-11-19(24-23(15)20-12-10-17(3)27-25(20)28-24)22-13-16(2)21(14-26-22)18-7-5-4-6-8-18/h4-14H,1-3H3. The van der Waals surface area contributed by atoms with Crippen LogP contribution in [0.15, 0.2) is 71.3 Å². The Morgan fingerprint density at radius 2 is 1.61 bits per heavy atom. The molecule has 0 radical (unpaired) electrons. The van der Waals surface area contributed by atoms with Gasteiger partial charge in [-0.2, -0.15) is 0 Å². The number of hydrogen-bond acceptors (Lipinski definition) is 3. The minimum Gasteiger partial charge on any atom is -0.437 e. The molecular weight excluding hydrogens is 344 g/mol. The van der Waals surface area contributed by atoms with Crippen LogP contribution in [-0.2, 0) is 0 Å². The van der Waals surface area contributed by atoms with Crippen LogP contribution in [0.5, 0.6) is 0 Å². The van der Waals surface area contributed by atoms with E-state index in [-0.39, 0.29) is 0 Å².